The van der Waals surface area contributed by atoms with E-state index >= 15 is 0 Å². The molecule has 1 unspecified atom stereocenters. The Morgan fingerprint density at radius 2 is 1.86 bits per heavy atom. The van der Waals surface area contributed by atoms with Crippen LogP contribution in [0, 0.1) is 13.8 Å². The molecule has 1 aliphatic heterocycles. The average molecular weight is 305 g/mol. The van der Waals surface area contributed by atoms with Crippen molar-refractivity contribution >= 4 is 17.7 Å². The monoisotopic (exact) mass is 305 g/mol. The fourth-order valence-corrected chi connectivity index (χ4v) is 3.70. The minimum atomic E-state index is 0.144. The molecule has 2 nitrogen and oxygen atoms in total. The van der Waals surface area contributed by atoms with Crippen LogP contribution < -0.4 is 0 Å². The smallest absolute Gasteiger partial charge is 0.233 e. The van der Waals surface area contributed by atoms with Crippen molar-refractivity contribution in [3.63, 3.8) is 0 Å². The molecule has 1 aromatic rings. The summed E-state index contributed by atoms with van der Waals surface area (Å²) >= 11 is 1.74. The van der Waals surface area contributed by atoms with Gasteiger partial charge in [0.15, 0.2) is 0 Å². The van der Waals surface area contributed by atoms with Gasteiger partial charge in [0.25, 0.3) is 0 Å². The number of hydrogen-bond acceptors (Lipinski definition) is 2. The molecule has 0 N–H and O–H groups in total. The summed E-state index contributed by atoms with van der Waals surface area (Å²) in [5, 5.41) is 0. The molecule has 2 rings (SSSR count). The first-order valence-electron chi connectivity index (χ1n) is 7.78. The molecule has 0 aliphatic carbocycles. The van der Waals surface area contributed by atoms with E-state index in [1.807, 2.05) is 0 Å². The van der Waals surface area contributed by atoms with Gasteiger partial charge in [-0.2, -0.15) is 0 Å². The maximum atomic E-state index is 12.6. The van der Waals surface area contributed by atoms with Gasteiger partial charge in [0.2, 0.25) is 5.91 Å². The topological polar surface area (TPSA) is 20.3 Å². The highest BCUT2D eigenvalue weighted by Gasteiger charge is 2.30. The Hall–Kier alpha value is -0.960. The Morgan fingerprint density at radius 1 is 1.24 bits per heavy atom. The number of nitrogens with zero attached hydrogens (tertiary/aromatic N) is 1. The SMILES string of the molecule is Cc1cc(C)cc(C2CCCN2C(=O)CSC(C)(C)C)c1. The van der Waals surface area contributed by atoms with E-state index in [9.17, 15) is 4.79 Å². The van der Waals surface area contributed by atoms with Gasteiger partial charge in [-0.05, 0) is 32.3 Å². The minimum absolute atomic E-state index is 0.144. The highest BCUT2D eigenvalue weighted by molar-refractivity contribution is 8.01. The summed E-state index contributed by atoms with van der Waals surface area (Å²) in [6.45, 7) is 11.7. The van der Waals surface area contributed by atoms with Crippen molar-refractivity contribution in [2.75, 3.05) is 12.3 Å². The van der Waals surface area contributed by atoms with Crippen molar-refractivity contribution in [2.24, 2.45) is 0 Å². The Balaban J connectivity index is 2.11. The van der Waals surface area contributed by atoms with Crippen molar-refractivity contribution in [1.82, 2.24) is 4.90 Å². The van der Waals surface area contributed by atoms with Gasteiger partial charge in [-0.3, -0.25) is 4.79 Å². The Morgan fingerprint density at radius 3 is 2.43 bits per heavy atom. The maximum Gasteiger partial charge on any atom is 0.233 e. The summed E-state index contributed by atoms with van der Waals surface area (Å²) in [6.07, 6.45) is 2.21. The van der Waals surface area contributed by atoms with E-state index in [2.05, 4.69) is 57.7 Å². The molecule has 0 saturated carbocycles. The standard InChI is InChI=1S/C18H27NOS/c1-13-9-14(2)11-15(10-13)16-7-6-8-19(16)17(20)12-21-18(3,4)5/h9-11,16H,6-8,12H2,1-5H3. The fraction of sp³-hybridized carbons (Fsp3) is 0.611. The van der Waals surface area contributed by atoms with Crippen molar-refractivity contribution in [3.8, 4) is 0 Å². The van der Waals surface area contributed by atoms with E-state index in [1.165, 1.54) is 16.7 Å². The Labute approximate surface area is 133 Å². The third-order valence-corrected chi connectivity index (χ3v) is 5.09. The average Bonchev–Trinajstić information content (AvgIpc) is 2.83. The first-order chi connectivity index (χ1) is 9.76. The van der Waals surface area contributed by atoms with Crippen LogP contribution in [-0.2, 0) is 4.79 Å². The molecule has 1 heterocycles. The van der Waals surface area contributed by atoms with E-state index < -0.39 is 0 Å². The predicted octanol–water partition coefficient (Wildman–Crippen LogP) is 4.50. The number of carbonyl (C=O) groups excluding carboxylic acids is 1. The zero-order valence-corrected chi connectivity index (χ0v) is 14.7. The van der Waals surface area contributed by atoms with Crippen LogP contribution in [0.1, 0.15) is 56.3 Å². The summed E-state index contributed by atoms with van der Waals surface area (Å²) in [6, 6.07) is 6.94. The van der Waals surface area contributed by atoms with Crippen LogP contribution in [0.25, 0.3) is 0 Å². The van der Waals surface area contributed by atoms with Crippen LogP contribution in [0.2, 0.25) is 0 Å². The zero-order valence-electron chi connectivity index (χ0n) is 13.9. The van der Waals surface area contributed by atoms with Crippen molar-refractivity contribution in [3.05, 3.63) is 34.9 Å². The number of benzene rings is 1. The molecular weight excluding hydrogens is 278 g/mol. The van der Waals surface area contributed by atoms with Crippen LogP contribution >= 0.6 is 11.8 Å². The number of thioether (sulfide) groups is 1. The summed E-state index contributed by atoms with van der Waals surface area (Å²) in [7, 11) is 0. The molecule has 3 heteroatoms. The van der Waals surface area contributed by atoms with Gasteiger partial charge in [-0.15, -0.1) is 11.8 Å². The summed E-state index contributed by atoms with van der Waals surface area (Å²) in [5.41, 5.74) is 3.88. The molecule has 0 radical (unpaired) electrons. The highest BCUT2D eigenvalue weighted by atomic mass is 32.2. The normalized spacial score (nSPS) is 19.1. The lowest BCUT2D eigenvalue weighted by molar-refractivity contribution is -0.129. The van der Waals surface area contributed by atoms with Gasteiger partial charge >= 0.3 is 0 Å². The molecule has 1 aromatic carbocycles. The number of carbonyl (C=O) groups is 1. The lowest BCUT2D eigenvalue weighted by Gasteiger charge is -2.27. The quantitative estimate of drug-likeness (QED) is 0.819. The number of aryl methyl sites for hydroxylation is 2. The van der Waals surface area contributed by atoms with Gasteiger partial charge in [-0.1, -0.05) is 50.1 Å². The fourth-order valence-electron chi connectivity index (χ4n) is 2.98. The Kier molecular flexibility index (Phi) is 5.03. The second-order valence-corrected chi connectivity index (χ2v) is 8.87. The first-order valence-corrected chi connectivity index (χ1v) is 8.76. The van der Waals surface area contributed by atoms with Gasteiger partial charge in [-0.25, -0.2) is 0 Å². The molecule has 1 saturated heterocycles. The lowest BCUT2D eigenvalue weighted by Crippen LogP contribution is -2.33. The van der Waals surface area contributed by atoms with Gasteiger partial charge in [0.05, 0.1) is 11.8 Å². The largest absolute Gasteiger partial charge is 0.335 e. The van der Waals surface area contributed by atoms with E-state index in [4.69, 9.17) is 0 Å². The molecule has 1 aliphatic rings. The lowest BCUT2D eigenvalue weighted by atomic mass is 9.99. The molecule has 1 fully saturated rings. The van der Waals surface area contributed by atoms with Crippen molar-refractivity contribution in [2.45, 2.75) is 58.2 Å². The summed E-state index contributed by atoms with van der Waals surface area (Å²) in [4.78, 5) is 14.6. The van der Waals surface area contributed by atoms with Crippen molar-refractivity contribution < 1.29 is 4.79 Å². The van der Waals surface area contributed by atoms with Crippen molar-refractivity contribution in [1.29, 1.82) is 0 Å². The van der Waals surface area contributed by atoms with Gasteiger partial charge in [0.1, 0.15) is 0 Å². The molecule has 1 amide bonds. The zero-order chi connectivity index (χ0) is 15.6. The first kappa shape index (κ1) is 16.4. The third-order valence-electron chi connectivity index (χ3n) is 3.83. The van der Waals surface area contributed by atoms with Gasteiger partial charge < -0.3 is 4.90 Å². The Bertz CT molecular complexity index is 498. The van der Waals surface area contributed by atoms with Gasteiger partial charge in [0, 0.05) is 11.3 Å². The summed E-state index contributed by atoms with van der Waals surface area (Å²) in [5.74, 6) is 0.877. The minimum Gasteiger partial charge on any atom is -0.335 e. The highest BCUT2D eigenvalue weighted by Crippen LogP contribution is 2.34. The molecule has 1 atom stereocenters. The van der Waals surface area contributed by atoms with Crippen LogP contribution in [0.3, 0.4) is 0 Å². The van der Waals surface area contributed by atoms with Crippen LogP contribution in [0.4, 0.5) is 0 Å². The van der Waals surface area contributed by atoms with E-state index in [1.54, 1.807) is 11.8 Å². The second kappa shape index (κ2) is 6.43. The molecule has 116 valence electrons. The summed E-state index contributed by atoms with van der Waals surface area (Å²) < 4.78 is 0.144. The van der Waals surface area contributed by atoms with E-state index in [0.29, 0.717) is 5.75 Å². The van der Waals surface area contributed by atoms with Crippen LogP contribution in [0.5, 0.6) is 0 Å². The maximum absolute atomic E-state index is 12.6. The van der Waals surface area contributed by atoms with E-state index in [0.717, 1.165) is 19.4 Å². The second-order valence-electron chi connectivity index (χ2n) is 7.07. The predicted molar refractivity (Wildman–Crippen MR) is 91.8 cm³/mol. The molecule has 0 spiro atoms. The third kappa shape index (κ3) is 4.50. The van der Waals surface area contributed by atoms with Crippen LogP contribution in [0.15, 0.2) is 18.2 Å². The van der Waals surface area contributed by atoms with E-state index in [-0.39, 0.29) is 16.7 Å². The molecule has 0 bridgehead atoms. The number of hydrogen-bond donors (Lipinski definition) is 0. The van der Waals surface area contributed by atoms with Crippen LogP contribution in [-0.4, -0.2) is 27.9 Å². The molecule has 0 aromatic heterocycles. The number of likely N-dealkylation sites (tertiary alicyclic amines) is 1. The molecular formula is C18H27NOS. The molecule has 21 heavy (non-hydrogen) atoms. The number of amides is 1. The number of rotatable bonds is 3.